The van der Waals surface area contributed by atoms with E-state index < -0.39 is 17.5 Å². The largest absolute Gasteiger partial charge is 0.493 e. The average molecular weight is 367 g/mol. The summed E-state index contributed by atoms with van der Waals surface area (Å²) in [6.45, 7) is 1.85. The Morgan fingerprint density at radius 1 is 1.07 bits per heavy atom. The Bertz CT molecular complexity index is 882. The molecule has 7 heteroatoms. The van der Waals surface area contributed by atoms with Crippen molar-refractivity contribution in [3.63, 3.8) is 0 Å². The third-order valence-corrected chi connectivity index (χ3v) is 4.60. The van der Waals surface area contributed by atoms with Crippen LogP contribution >= 0.6 is 0 Å². The van der Waals surface area contributed by atoms with Crippen molar-refractivity contribution < 1.29 is 19.1 Å². The summed E-state index contributed by atoms with van der Waals surface area (Å²) in [7, 11) is 3.08. The van der Waals surface area contributed by atoms with Crippen LogP contribution in [-0.2, 0) is 10.3 Å². The van der Waals surface area contributed by atoms with Gasteiger partial charge in [-0.25, -0.2) is 4.79 Å². The SMILES string of the molecule is CC[C@@]1(c2ccccc2)NC(=O)N(/N=C\c2ccc(OC)c(OC)c2)C1=O. The van der Waals surface area contributed by atoms with Crippen LogP contribution in [0.5, 0.6) is 11.5 Å². The van der Waals surface area contributed by atoms with Gasteiger partial charge in [0.05, 0.1) is 20.4 Å². The van der Waals surface area contributed by atoms with Crippen molar-refractivity contribution in [2.45, 2.75) is 18.9 Å². The fourth-order valence-corrected chi connectivity index (χ4v) is 3.09. The minimum atomic E-state index is -1.10. The molecule has 2 aromatic carbocycles. The first kappa shape index (κ1) is 18.4. The summed E-state index contributed by atoms with van der Waals surface area (Å²) in [5, 5.41) is 7.76. The molecule has 1 heterocycles. The maximum atomic E-state index is 13.0. The van der Waals surface area contributed by atoms with E-state index in [0.717, 1.165) is 10.6 Å². The van der Waals surface area contributed by atoms with Crippen LogP contribution in [0.2, 0.25) is 0 Å². The van der Waals surface area contributed by atoms with E-state index in [1.807, 2.05) is 37.3 Å². The van der Waals surface area contributed by atoms with E-state index in [9.17, 15) is 9.59 Å². The van der Waals surface area contributed by atoms with E-state index in [4.69, 9.17) is 9.47 Å². The molecule has 140 valence electrons. The van der Waals surface area contributed by atoms with Gasteiger partial charge in [0.1, 0.15) is 5.54 Å². The highest BCUT2D eigenvalue weighted by molar-refractivity contribution is 6.07. The Hall–Kier alpha value is -3.35. The van der Waals surface area contributed by atoms with Crippen LogP contribution in [-0.4, -0.2) is 37.4 Å². The monoisotopic (exact) mass is 367 g/mol. The minimum absolute atomic E-state index is 0.405. The quantitative estimate of drug-likeness (QED) is 0.629. The van der Waals surface area contributed by atoms with Crippen molar-refractivity contribution in [2.75, 3.05) is 14.2 Å². The molecule has 1 saturated heterocycles. The predicted molar refractivity (Wildman–Crippen MR) is 101 cm³/mol. The molecule has 0 spiro atoms. The molecule has 1 fully saturated rings. The number of imide groups is 1. The number of nitrogens with one attached hydrogen (secondary N) is 1. The Morgan fingerprint density at radius 3 is 2.41 bits per heavy atom. The molecular formula is C20H21N3O4. The van der Waals surface area contributed by atoms with Gasteiger partial charge in [-0.05, 0) is 35.7 Å². The lowest BCUT2D eigenvalue weighted by atomic mass is 9.87. The molecule has 7 nitrogen and oxygen atoms in total. The van der Waals surface area contributed by atoms with Crippen LogP contribution in [0.3, 0.4) is 0 Å². The Morgan fingerprint density at radius 2 is 1.78 bits per heavy atom. The summed E-state index contributed by atoms with van der Waals surface area (Å²) in [5.41, 5.74) is 0.296. The number of hydrogen-bond donors (Lipinski definition) is 1. The summed E-state index contributed by atoms with van der Waals surface area (Å²) >= 11 is 0. The normalized spacial score (nSPS) is 19.4. The highest BCUT2D eigenvalue weighted by Gasteiger charge is 2.51. The number of carbonyl (C=O) groups is 2. The highest BCUT2D eigenvalue weighted by atomic mass is 16.5. The van der Waals surface area contributed by atoms with Crippen LogP contribution in [0, 0.1) is 0 Å². The molecule has 0 radical (unpaired) electrons. The number of hydrogen-bond acceptors (Lipinski definition) is 5. The first-order valence-corrected chi connectivity index (χ1v) is 8.54. The molecule has 0 saturated carbocycles. The fourth-order valence-electron chi connectivity index (χ4n) is 3.09. The predicted octanol–water partition coefficient (Wildman–Crippen LogP) is 2.90. The maximum Gasteiger partial charge on any atom is 0.346 e. The Balaban J connectivity index is 1.89. The summed E-state index contributed by atoms with van der Waals surface area (Å²) in [4.78, 5) is 25.4. The first-order chi connectivity index (χ1) is 13.1. The van der Waals surface area contributed by atoms with E-state index >= 15 is 0 Å². The van der Waals surface area contributed by atoms with Crippen molar-refractivity contribution in [2.24, 2.45) is 5.10 Å². The minimum Gasteiger partial charge on any atom is -0.493 e. The van der Waals surface area contributed by atoms with Crippen molar-refractivity contribution >= 4 is 18.2 Å². The summed E-state index contributed by atoms with van der Waals surface area (Å²) in [6, 6.07) is 13.8. The van der Waals surface area contributed by atoms with Gasteiger partial charge in [-0.1, -0.05) is 37.3 Å². The number of rotatable bonds is 6. The van der Waals surface area contributed by atoms with E-state index in [0.29, 0.717) is 23.5 Å². The van der Waals surface area contributed by atoms with Crippen molar-refractivity contribution in [1.29, 1.82) is 0 Å². The molecule has 1 N–H and O–H groups in total. The highest BCUT2D eigenvalue weighted by Crippen LogP contribution is 2.32. The van der Waals surface area contributed by atoms with Gasteiger partial charge in [0.2, 0.25) is 0 Å². The number of amides is 3. The van der Waals surface area contributed by atoms with Crippen LogP contribution < -0.4 is 14.8 Å². The molecule has 3 amide bonds. The lowest BCUT2D eigenvalue weighted by molar-refractivity contribution is -0.131. The van der Waals surface area contributed by atoms with Gasteiger partial charge in [0, 0.05) is 0 Å². The van der Waals surface area contributed by atoms with Crippen LogP contribution in [0.15, 0.2) is 53.6 Å². The van der Waals surface area contributed by atoms with Gasteiger partial charge in [-0.15, -0.1) is 5.01 Å². The third kappa shape index (κ3) is 3.23. The molecule has 1 aliphatic heterocycles. The molecule has 0 aromatic heterocycles. The summed E-state index contributed by atoms with van der Waals surface area (Å²) in [5.74, 6) is 0.711. The number of carbonyl (C=O) groups excluding carboxylic acids is 2. The van der Waals surface area contributed by atoms with Gasteiger partial charge >= 0.3 is 6.03 Å². The second kappa shape index (κ2) is 7.49. The van der Waals surface area contributed by atoms with Crippen LogP contribution in [0.1, 0.15) is 24.5 Å². The third-order valence-electron chi connectivity index (χ3n) is 4.60. The number of benzene rings is 2. The number of methoxy groups -OCH3 is 2. The zero-order chi connectivity index (χ0) is 19.4. The van der Waals surface area contributed by atoms with Crippen molar-refractivity contribution in [1.82, 2.24) is 10.3 Å². The maximum absolute atomic E-state index is 13.0. The van der Waals surface area contributed by atoms with Crippen LogP contribution in [0.4, 0.5) is 4.79 Å². The molecule has 2 aromatic rings. The molecule has 1 atom stereocenters. The number of ether oxygens (including phenoxy) is 2. The molecule has 1 aliphatic rings. The van der Waals surface area contributed by atoms with Gasteiger partial charge in [-0.2, -0.15) is 5.10 Å². The van der Waals surface area contributed by atoms with Gasteiger partial charge in [0.15, 0.2) is 11.5 Å². The Kier molecular flexibility index (Phi) is 5.12. The second-order valence-corrected chi connectivity index (χ2v) is 6.03. The molecule has 0 unspecified atom stereocenters. The lowest BCUT2D eigenvalue weighted by Gasteiger charge is -2.24. The lowest BCUT2D eigenvalue weighted by Crippen LogP contribution is -2.43. The average Bonchev–Trinajstić information content (AvgIpc) is 2.97. The summed E-state index contributed by atoms with van der Waals surface area (Å²) < 4.78 is 10.4. The number of urea groups is 1. The number of hydrazone groups is 1. The van der Waals surface area contributed by atoms with E-state index in [1.54, 1.807) is 25.3 Å². The topological polar surface area (TPSA) is 80.2 Å². The second-order valence-electron chi connectivity index (χ2n) is 6.03. The number of nitrogens with zero attached hydrogens (tertiary/aromatic N) is 2. The van der Waals surface area contributed by atoms with E-state index in [-0.39, 0.29) is 0 Å². The van der Waals surface area contributed by atoms with Crippen molar-refractivity contribution in [3.05, 3.63) is 59.7 Å². The summed E-state index contributed by atoms with van der Waals surface area (Å²) in [6.07, 6.45) is 1.86. The van der Waals surface area contributed by atoms with Gasteiger partial charge in [0.25, 0.3) is 5.91 Å². The Labute approximate surface area is 157 Å². The van der Waals surface area contributed by atoms with Gasteiger partial charge in [-0.3, -0.25) is 4.79 Å². The molecule has 27 heavy (non-hydrogen) atoms. The first-order valence-electron chi connectivity index (χ1n) is 8.54. The molecule has 3 rings (SSSR count). The van der Waals surface area contributed by atoms with Crippen LogP contribution in [0.25, 0.3) is 0 Å². The molecular weight excluding hydrogens is 346 g/mol. The molecule has 0 aliphatic carbocycles. The zero-order valence-electron chi connectivity index (χ0n) is 15.4. The van der Waals surface area contributed by atoms with E-state index in [2.05, 4.69) is 10.4 Å². The fraction of sp³-hybridized carbons (Fsp3) is 0.250. The van der Waals surface area contributed by atoms with Crippen molar-refractivity contribution in [3.8, 4) is 11.5 Å². The standard InChI is InChI=1S/C20H21N3O4/c1-4-20(15-8-6-5-7-9-15)18(24)23(19(25)22-20)21-13-14-10-11-16(26-2)17(12-14)27-3/h5-13H,4H2,1-3H3,(H,22,25)/b21-13-/t20-/m0/s1. The zero-order valence-corrected chi connectivity index (χ0v) is 15.4. The van der Waals surface area contributed by atoms with Gasteiger partial charge < -0.3 is 14.8 Å². The molecule has 0 bridgehead atoms. The smallest absolute Gasteiger partial charge is 0.346 e. The van der Waals surface area contributed by atoms with E-state index in [1.165, 1.54) is 13.3 Å².